The van der Waals surface area contributed by atoms with Crippen LogP contribution >= 0.6 is 0 Å². The number of rotatable bonds is 3. The van der Waals surface area contributed by atoms with E-state index in [0.29, 0.717) is 0 Å². The van der Waals surface area contributed by atoms with Gasteiger partial charge >= 0.3 is 0 Å². The average Bonchev–Trinajstić information content (AvgIpc) is 2.68. The number of hydrogen-bond donors (Lipinski definition) is 0. The lowest BCUT2D eigenvalue weighted by Crippen LogP contribution is -2.45. The normalized spacial score (nSPS) is 14.1. The summed E-state index contributed by atoms with van der Waals surface area (Å²) in [7, 11) is 0. The highest BCUT2D eigenvalue weighted by molar-refractivity contribution is 5.46. The van der Waals surface area contributed by atoms with Crippen LogP contribution in [-0.2, 0) is 6.54 Å². The monoisotopic (exact) mass is 326 g/mol. The van der Waals surface area contributed by atoms with E-state index in [2.05, 4.69) is 71.3 Å². The van der Waals surface area contributed by atoms with Crippen molar-refractivity contribution < 1.29 is 0 Å². The van der Waals surface area contributed by atoms with Crippen LogP contribution in [0.15, 0.2) is 54.6 Å². The van der Waals surface area contributed by atoms with Crippen LogP contribution in [0.4, 0.5) is 5.69 Å². The molecule has 0 spiro atoms. The summed E-state index contributed by atoms with van der Waals surface area (Å²) in [4.78, 5) is 5.02. The Morgan fingerprint density at radius 1 is 0.708 bits per heavy atom. The zero-order chi connectivity index (χ0) is 17.8. The fraction of sp³-hybridized carbons (Fsp3) is 0.455. The second kappa shape index (κ2) is 11.7. The summed E-state index contributed by atoms with van der Waals surface area (Å²) >= 11 is 0. The lowest BCUT2D eigenvalue weighted by molar-refractivity contribution is 0.250. The van der Waals surface area contributed by atoms with Gasteiger partial charge in [-0.25, -0.2) is 0 Å². The summed E-state index contributed by atoms with van der Waals surface area (Å²) in [5.41, 5.74) is 4.11. The van der Waals surface area contributed by atoms with Crippen LogP contribution in [0.2, 0.25) is 0 Å². The lowest BCUT2D eigenvalue weighted by Gasteiger charge is -2.36. The SMILES string of the molecule is CC.CC.Cc1ccc(CN2CCN(c3ccccc3)CC2)cc1. The molecule has 132 valence electrons. The molecule has 0 saturated carbocycles. The molecule has 0 amide bonds. The molecule has 2 aromatic carbocycles. The molecule has 3 rings (SSSR count). The summed E-state index contributed by atoms with van der Waals surface area (Å²) in [6.45, 7) is 15.7. The van der Waals surface area contributed by atoms with Crippen LogP contribution in [-0.4, -0.2) is 31.1 Å². The van der Waals surface area contributed by atoms with E-state index in [4.69, 9.17) is 0 Å². The third-order valence-electron chi connectivity index (χ3n) is 4.02. The van der Waals surface area contributed by atoms with Crippen molar-refractivity contribution in [1.82, 2.24) is 4.90 Å². The van der Waals surface area contributed by atoms with E-state index in [0.717, 1.165) is 32.7 Å². The first-order chi connectivity index (χ1) is 11.8. The fourth-order valence-corrected chi connectivity index (χ4v) is 2.75. The quantitative estimate of drug-likeness (QED) is 0.748. The number of aryl methyl sites for hydroxylation is 1. The van der Waals surface area contributed by atoms with Crippen LogP contribution in [0.3, 0.4) is 0 Å². The largest absolute Gasteiger partial charge is 0.369 e. The van der Waals surface area contributed by atoms with Crippen LogP contribution in [0, 0.1) is 6.92 Å². The maximum atomic E-state index is 2.55. The van der Waals surface area contributed by atoms with Gasteiger partial charge in [-0.05, 0) is 24.6 Å². The van der Waals surface area contributed by atoms with Gasteiger partial charge in [0.25, 0.3) is 0 Å². The molecule has 1 fully saturated rings. The summed E-state index contributed by atoms with van der Waals surface area (Å²) in [5.74, 6) is 0. The summed E-state index contributed by atoms with van der Waals surface area (Å²) in [6.07, 6.45) is 0. The number of hydrogen-bond acceptors (Lipinski definition) is 2. The van der Waals surface area contributed by atoms with Gasteiger partial charge in [-0.15, -0.1) is 0 Å². The van der Waals surface area contributed by atoms with Crippen molar-refractivity contribution in [1.29, 1.82) is 0 Å². The van der Waals surface area contributed by atoms with E-state index in [9.17, 15) is 0 Å². The molecular formula is C22H34N2. The third kappa shape index (κ3) is 6.37. The van der Waals surface area contributed by atoms with Gasteiger partial charge < -0.3 is 4.90 Å². The van der Waals surface area contributed by atoms with Gasteiger partial charge in [0.2, 0.25) is 0 Å². The highest BCUT2D eigenvalue weighted by Crippen LogP contribution is 2.16. The first-order valence-corrected chi connectivity index (χ1v) is 9.39. The van der Waals surface area contributed by atoms with Gasteiger partial charge in [0, 0.05) is 38.4 Å². The van der Waals surface area contributed by atoms with Crippen molar-refractivity contribution in [3.63, 3.8) is 0 Å². The smallest absolute Gasteiger partial charge is 0.0367 e. The van der Waals surface area contributed by atoms with Crippen molar-refractivity contribution in [2.45, 2.75) is 41.2 Å². The topological polar surface area (TPSA) is 6.48 Å². The maximum absolute atomic E-state index is 2.55. The molecule has 2 nitrogen and oxygen atoms in total. The molecule has 1 heterocycles. The van der Waals surface area contributed by atoms with Gasteiger partial charge in [-0.2, -0.15) is 0 Å². The maximum Gasteiger partial charge on any atom is 0.0367 e. The molecule has 24 heavy (non-hydrogen) atoms. The van der Waals surface area contributed by atoms with Crippen molar-refractivity contribution in [2.24, 2.45) is 0 Å². The van der Waals surface area contributed by atoms with Crippen molar-refractivity contribution in [3.05, 3.63) is 65.7 Å². The Hall–Kier alpha value is -1.80. The molecule has 2 heteroatoms. The van der Waals surface area contributed by atoms with Gasteiger partial charge in [-0.3, -0.25) is 4.90 Å². The van der Waals surface area contributed by atoms with E-state index in [1.54, 1.807) is 0 Å². The predicted octanol–water partition coefficient (Wildman–Crippen LogP) is 5.37. The third-order valence-corrected chi connectivity index (χ3v) is 4.02. The molecule has 1 saturated heterocycles. The highest BCUT2D eigenvalue weighted by Gasteiger charge is 2.16. The van der Waals surface area contributed by atoms with Crippen LogP contribution in [0.25, 0.3) is 0 Å². The first kappa shape index (κ1) is 20.2. The predicted molar refractivity (Wildman–Crippen MR) is 108 cm³/mol. The molecule has 0 unspecified atom stereocenters. The van der Waals surface area contributed by atoms with Crippen molar-refractivity contribution in [2.75, 3.05) is 31.1 Å². The number of para-hydroxylation sites is 1. The molecule has 0 aliphatic carbocycles. The van der Waals surface area contributed by atoms with Gasteiger partial charge in [0.15, 0.2) is 0 Å². The molecule has 0 radical (unpaired) electrons. The van der Waals surface area contributed by atoms with Crippen molar-refractivity contribution in [3.8, 4) is 0 Å². The summed E-state index contributed by atoms with van der Waals surface area (Å²) < 4.78 is 0. The minimum atomic E-state index is 1.07. The van der Waals surface area contributed by atoms with E-state index in [1.807, 2.05) is 27.7 Å². The molecule has 2 aromatic rings. The van der Waals surface area contributed by atoms with Crippen LogP contribution in [0.1, 0.15) is 38.8 Å². The minimum Gasteiger partial charge on any atom is -0.369 e. The summed E-state index contributed by atoms with van der Waals surface area (Å²) in [6, 6.07) is 19.6. The van der Waals surface area contributed by atoms with E-state index in [1.165, 1.54) is 16.8 Å². The molecule has 1 aliphatic rings. The summed E-state index contributed by atoms with van der Waals surface area (Å²) in [5, 5.41) is 0. The highest BCUT2D eigenvalue weighted by atomic mass is 15.3. The zero-order valence-electron chi connectivity index (χ0n) is 16.1. The molecule has 0 atom stereocenters. The Bertz CT molecular complexity index is 526. The van der Waals surface area contributed by atoms with Crippen molar-refractivity contribution >= 4 is 5.69 Å². The van der Waals surface area contributed by atoms with Gasteiger partial charge in [-0.1, -0.05) is 75.7 Å². The molecule has 0 N–H and O–H groups in total. The first-order valence-electron chi connectivity index (χ1n) is 9.39. The van der Waals surface area contributed by atoms with E-state index < -0.39 is 0 Å². The Kier molecular flexibility index (Phi) is 9.86. The average molecular weight is 327 g/mol. The van der Waals surface area contributed by atoms with Crippen LogP contribution in [0.5, 0.6) is 0 Å². The number of anilines is 1. The van der Waals surface area contributed by atoms with Crippen LogP contribution < -0.4 is 4.90 Å². The van der Waals surface area contributed by atoms with E-state index >= 15 is 0 Å². The number of nitrogens with zero attached hydrogens (tertiary/aromatic N) is 2. The Labute approximate surface area is 149 Å². The molecule has 0 bridgehead atoms. The zero-order valence-corrected chi connectivity index (χ0v) is 16.1. The fourth-order valence-electron chi connectivity index (χ4n) is 2.75. The second-order valence-corrected chi connectivity index (χ2v) is 5.58. The molecule has 1 aliphatic heterocycles. The minimum absolute atomic E-state index is 1.07. The van der Waals surface area contributed by atoms with Gasteiger partial charge in [0.05, 0.1) is 0 Å². The lowest BCUT2D eigenvalue weighted by atomic mass is 10.1. The number of benzene rings is 2. The molecule has 0 aromatic heterocycles. The molecular weight excluding hydrogens is 292 g/mol. The van der Waals surface area contributed by atoms with Gasteiger partial charge in [0.1, 0.15) is 0 Å². The Morgan fingerprint density at radius 2 is 1.25 bits per heavy atom. The Morgan fingerprint density at radius 3 is 1.79 bits per heavy atom. The standard InChI is InChI=1S/C18H22N2.2C2H6/c1-16-7-9-17(10-8-16)15-19-11-13-20(14-12-19)18-5-3-2-4-6-18;2*1-2/h2-10H,11-15H2,1H3;2*1-2H3. The van der Waals surface area contributed by atoms with E-state index in [-0.39, 0.29) is 0 Å². The second-order valence-electron chi connectivity index (χ2n) is 5.58. The Balaban J connectivity index is 0.000000671. The number of piperazine rings is 1.